The number of hydrogen-bond acceptors (Lipinski definition) is 5. The Labute approximate surface area is 152 Å². The Hall–Kier alpha value is -3.22. The van der Waals surface area contributed by atoms with Crippen molar-refractivity contribution in [3.8, 4) is 5.75 Å². The van der Waals surface area contributed by atoms with E-state index in [0.29, 0.717) is 11.4 Å². The Morgan fingerprint density at radius 1 is 1.19 bits per heavy atom. The highest BCUT2D eigenvalue weighted by Crippen LogP contribution is 2.30. The number of nitrogens with one attached hydrogen (secondary N) is 2. The number of hydrogen-bond donors (Lipinski definition) is 3. The lowest BCUT2D eigenvalue weighted by Gasteiger charge is -2.31. The zero-order valence-electron chi connectivity index (χ0n) is 14.6. The number of anilines is 3. The van der Waals surface area contributed by atoms with Crippen LogP contribution in [0, 0.1) is 0 Å². The molecule has 0 saturated heterocycles. The molecule has 1 aliphatic heterocycles. The number of rotatable bonds is 4. The van der Waals surface area contributed by atoms with Crippen molar-refractivity contribution in [1.82, 2.24) is 5.32 Å². The largest absolute Gasteiger partial charge is 0.497 e. The summed E-state index contributed by atoms with van der Waals surface area (Å²) in [6.45, 7) is 0.858. The van der Waals surface area contributed by atoms with Crippen LogP contribution in [0.5, 0.6) is 5.75 Å². The number of nitrogens with zero attached hydrogens (tertiary/aromatic N) is 1. The lowest BCUT2D eigenvalue weighted by molar-refractivity contribution is -0.118. The van der Waals surface area contributed by atoms with Crippen molar-refractivity contribution in [2.24, 2.45) is 0 Å². The summed E-state index contributed by atoms with van der Waals surface area (Å²) in [4.78, 5) is 26.2. The molecule has 2 aromatic carbocycles. The number of urea groups is 1. The lowest BCUT2D eigenvalue weighted by Crippen LogP contribution is -2.43. The first-order chi connectivity index (χ1) is 12.6. The molecular weight excluding hydrogens is 332 g/mol. The van der Waals surface area contributed by atoms with Gasteiger partial charge in [0.2, 0.25) is 5.91 Å². The smallest absolute Gasteiger partial charge is 0.325 e. The van der Waals surface area contributed by atoms with Crippen LogP contribution in [0.25, 0.3) is 0 Å². The standard InChI is InChI=1S/C19H22N4O3/c1-26-14-9-7-13(8-10-14)21-19(25)22-18(24)12-23-11-3-4-15-16(20)5-2-6-17(15)23/h2,5-10H,3-4,11-12,20H2,1H3,(H2,21,22,24,25). The Kier molecular flexibility index (Phi) is 5.26. The van der Waals surface area contributed by atoms with E-state index in [9.17, 15) is 9.59 Å². The van der Waals surface area contributed by atoms with Crippen LogP contribution in [0.3, 0.4) is 0 Å². The Bertz CT molecular complexity index is 805. The van der Waals surface area contributed by atoms with E-state index in [1.165, 1.54) is 0 Å². The SMILES string of the molecule is COc1ccc(NC(=O)NC(=O)CN2CCCc3c(N)cccc32)cc1. The average molecular weight is 354 g/mol. The minimum absolute atomic E-state index is 0.104. The van der Waals surface area contributed by atoms with Crippen molar-refractivity contribution in [2.45, 2.75) is 12.8 Å². The number of benzene rings is 2. The van der Waals surface area contributed by atoms with Crippen molar-refractivity contribution < 1.29 is 14.3 Å². The topological polar surface area (TPSA) is 96.7 Å². The molecule has 0 unspecified atom stereocenters. The first-order valence-electron chi connectivity index (χ1n) is 8.44. The minimum atomic E-state index is -0.565. The molecule has 0 fully saturated rings. The van der Waals surface area contributed by atoms with E-state index in [1.54, 1.807) is 31.4 Å². The van der Waals surface area contributed by atoms with Gasteiger partial charge in [0, 0.05) is 23.6 Å². The molecule has 0 bridgehead atoms. The second-order valence-electron chi connectivity index (χ2n) is 6.10. The van der Waals surface area contributed by atoms with Gasteiger partial charge in [0.15, 0.2) is 0 Å². The van der Waals surface area contributed by atoms with Crippen molar-refractivity contribution in [3.63, 3.8) is 0 Å². The van der Waals surface area contributed by atoms with Crippen LogP contribution in [0.1, 0.15) is 12.0 Å². The van der Waals surface area contributed by atoms with Gasteiger partial charge in [-0.25, -0.2) is 4.79 Å². The van der Waals surface area contributed by atoms with Crippen molar-refractivity contribution in [3.05, 3.63) is 48.0 Å². The van der Waals surface area contributed by atoms with Gasteiger partial charge in [-0.3, -0.25) is 10.1 Å². The molecule has 7 nitrogen and oxygen atoms in total. The predicted octanol–water partition coefficient (Wildman–Crippen LogP) is 2.38. The highest BCUT2D eigenvalue weighted by Gasteiger charge is 2.21. The number of fused-ring (bicyclic) bond motifs is 1. The Morgan fingerprint density at radius 2 is 1.96 bits per heavy atom. The zero-order valence-corrected chi connectivity index (χ0v) is 14.6. The summed E-state index contributed by atoms with van der Waals surface area (Å²) in [5.41, 5.74) is 9.36. The molecule has 7 heteroatoms. The van der Waals surface area contributed by atoms with Gasteiger partial charge in [-0.15, -0.1) is 0 Å². The monoisotopic (exact) mass is 354 g/mol. The van der Waals surface area contributed by atoms with Crippen LogP contribution in [-0.4, -0.2) is 32.1 Å². The predicted molar refractivity (Wildman–Crippen MR) is 102 cm³/mol. The molecule has 4 N–H and O–H groups in total. The van der Waals surface area contributed by atoms with E-state index in [1.807, 2.05) is 23.1 Å². The van der Waals surface area contributed by atoms with Gasteiger partial charge in [-0.1, -0.05) is 6.07 Å². The van der Waals surface area contributed by atoms with Crippen molar-refractivity contribution >= 4 is 29.0 Å². The summed E-state index contributed by atoms with van der Waals surface area (Å²) >= 11 is 0. The normalized spacial score (nSPS) is 12.9. The van der Waals surface area contributed by atoms with Crippen LogP contribution in [0.2, 0.25) is 0 Å². The highest BCUT2D eigenvalue weighted by molar-refractivity contribution is 6.02. The third-order valence-corrected chi connectivity index (χ3v) is 4.32. The molecule has 0 aromatic heterocycles. The molecule has 0 aliphatic carbocycles. The minimum Gasteiger partial charge on any atom is -0.497 e. The quantitative estimate of drug-likeness (QED) is 0.733. The Balaban J connectivity index is 1.57. The average Bonchev–Trinajstić information content (AvgIpc) is 2.63. The third kappa shape index (κ3) is 4.05. The lowest BCUT2D eigenvalue weighted by atomic mass is 10.00. The number of imide groups is 1. The van der Waals surface area contributed by atoms with E-state index in [2.05, 4.69) is 10.6 Å². The molecule has 3 amide bonds. The second kappa shape index (κ2) is 7.77. The number of methoxy groups -OCH3 is 1. The summed E-state index contributed by atoms with van der Waals surface area (Å²) in [6.07, 6.45) is 1.82. The van der Waals surface area contributed by atoms with Gasteiger partial charge < -0.3 is 20.7 Å². The molecule has 3 rings (SSSR count). The van der Waals surface area contributed by atoms with Crippen LogP contribution in [-0.2, 0) is 11.2 Å². The maximum Gasteiger partial charge on any atom is 0.325 e. The third-order valence-electron chi connectivity index (χ3n) is 4.32. The Morgan fingerprint density at radius 3 is 2.69 bits per heavy atom. The van der Waals surface area contributed by atoms with Crippen molar-refractivity contribution in [1.29, 1.82) is 0 Å². The van der Waals surface area contributed by atoms with Gasteiger partial charge in [0.1, 0.15) is 5.75 Å². The van der Waals surface area contributed by atoms with Gasteiger partial charge in [-0.2, -0.15) is 0 Å². The maximum absolute atomic E-state index is 12.2. The van der Waals surface area contributed by atoms with Crippen LogP contribution in [0.4, 0.5) is 21.9 Å². The van der Waals surface area contributed by atoms with Crippen LogP contribution < -0.4 is 26.0 Å². The summed E-state index contributed by atoms with van der Waals surface area (Å²) in [5.74, 6) is 0.321. The number of amides is 3. The second-order valence-corrected chi connectivity index (χ2v) is 6.10. The van der Waals surface area contributed by atoms with E-state index < -0.39 is 6.03 Å². The summed E-state index contributed by atoms with van der Waals surface area (Å²) in [5, 5.41) is 4.98. The maximum atomic E-state index is 12.2. The fraction of sp³-hybridized carbons (Fsp3) is 0.263. The molecule has 2 aromatic rings. The van der Waals surface area contributed by atoms with E-state index in [4.69, 9.17) is 10.5 Å². The van der Waals surface area contributed by atoms with E-state index in [-0.39, 0.29) is 12.5 Å². The molecule has 0 radical (unpaired) electrons. The molecule has 1 heterocycles. The number of ether oxygens (including phenoxy) is 1. The highest BCUT2D eigenvalue weighted by atomic mass is 16.5. The fourth-order valence-corrected chi connectivity index (χ4v) is 3.07. The fourth-order valence-electron chi connectivity index (χ4n) is 3.07. The van der Waals surface area contributed by atoms with E-state index >= 15 is 0 Å². The molecule has 0 saturated carbocycles. The zero-order chi connectivity index (χ0) is 18.5. The van der Waals surface area contributed by atoms with Crippen molar-refractivity contribution in [2.75, 3.05) is 36.1 Å². The number of nitrogen functional groups attached to an aromatic ring is 1. The number of nitrogens with two attached hydrogens (primary N) is 1. The van der Waals surface area contributed by atoms with E-state index in [0.717, 1.165) is 36.3 Å². The van der Waals surface area contributed by atoms with Gasteiger partial charge >= 0.3 is 6.03 Å². The van der Waals surface area contributed by atoms with Crippen LogP contribution in [0.15, 0.2) is 42.5 Å². The molecule has 26 heavy (non-hydrogen) atoms. The molecule has 0 atom stereocenters. The first kappa shape index (κ1) is 17.6. The molecule has 0 spiro atoms. The molecular formula is C19H22N4O3. The van der Waals surface area contributed by atoms with Gasteiger partial charge in [0.05, 0.1) is 13.7 Å². The van der Waals surface area contributed by atoms with Crippen LogP contribution >= 0.6 is 0 Å². The number of carbonyl (C=O) groups is 2. The van der Waals surface area contributed by atoms with Gasteiger partial charge in [0.25, 0.3) is 0 Å². The summed E-state index contributed by atoms with van der Waals surface area (Å²) in [6, 6.07) is 12.0. The summed E-state index contributed by atoms with van der Waals surface area (Å²) in [7, 11) is 1.57. The number of carbonyl (C=O) groups excluding carboxylic acids is 2. The van der Waals surface area contributed by atoms with Gasteiger partial charge in [-0.05, 0) is 54.8 Å². The molecule has 136 valence electrons. The first-order valence-corrected chi connectivity index (χ1v) is 8.44. The molecule has 1 aliphatic rings. The summed E-state index contributed by atoms with van der Waals surface area (Å²) < 4.78 is 5.06.